The number of aromatic nitrogens is 4. The Morgan fingerprint density at radius 2 is 2.00 bits per heavy atom. The number of fused-ring (bicyclic) bond motifs is 1. The molecule has 3 aromatic rings. The summed E-state index contributed by atoms with van der Waals surface area (Å²) in [6, 6.07) is 5.80. The third-order valence-corrected chi connectivity index (χ3v) is 3.63. The van der Waals surface area contributed by atoms with Crippen LogP contribution in [0.1, 0.15) is 11.5 Å². The van der Waals surface area contributed by atoms with Crippen molar-refractivity contribution in [3.8, 4) is 17.3 Å². The predicted octanol–water partition coefficient (Wildman–Crippen LogP) is 2.93. The van der Waals surface area contributed by atoms with Crippen molar-refractivity contribution in [2.24, 2.45) is 7.05 Å². The van der Waals surface area contributed by atoms with Crippen LogP contribution in [0.25, 0.3) is 22.2 Å². The molecule has 0 saturated carbocycles. The minimum Gasteiger partial charge on any atom is -0.292 e. The van der Waals surface area contributed by atoms with E-state index >= 15 is 0 Å². The first kappa shape index (κ1) is 16.9. The van der Waals surface area contributed by atoms with Gasteiger partial charge < -0.3 is 0 Å². The van der Waals surface area contributed by atoms with E-state index in [4.69, 9.17) is 16.9 Å². The van der Waals surface area contributed by atoms with Crippen molar-refractivity contribution >= 4 is 22.5 Å². The normalized spacial score (nSPS) is 11.5. The SMILES string of the molecule is Cn1c(C(F)(F)F)nc2c(-c3ccc(C#N)nc3)nc(Cl)cc2c1=O. The van der Waals surface area contributed by atoms with E-state index in [1.807, 2.05) is 6.07 Å². The molecule has 10 heteroatoms. The van der Waals surface area contributed by atoms with Crippen LogP contribution in [0.15, 0.2) is 29.2 Å². The smallest absolute Gasteiger partial charge is 0.292 e. The molecule has 0 aliphatic carbocycles. The van der Waals surface area contributed by atoms with Crippen molar-refractivity contribution in [2.75, 3.05) is 0 Å². The van der Waals surface area contributed by atoms with Crippen LogP contribution >= 0.6 is 11.6 Å². The molecule has 0 aliphatic rings. The first-order chi connectivity index (χ1) is 11.7. The lowest BCUT2D eigenvalue weighted by atomic mass is 10.1. The van der Waals surface area contributed by atoms with E-state index < -0.39 is 17.6 Å². The minimum absolute atomic E-state index is 0.0253. The zero-order chi connectivity index (χ0) is 18.4. The maximum Gasteiger partial charge on any atom is 0.449 e. The largest absolute Gasteiger partial charge is 0.449 e. The summed E-state index contributed by atoms with van der Waals surface area (Å²) in [5.74, 6) is -1.35. The summed E-state index contributed by atoms with van der Waals surface area (Å²) in [5, 5.41) is 8.60. The first-order valence-electron chi connectivity index (χ1n) is 6.73. The molecule has 0 aromatic carbocycles. The second kappa shape index (κ2) is 5.82. The van der Waals surface area contributed by atoms with Gasteiger partial charge in [-0.3, -0.25) is 9.36 Å². The van der Waals surface area contributed by atoms with Gasteiger partial charge in [-0.15, -0.1) is 0 Å². The maximum atomic E-state index is 13.2. The summed E-state index contributed by atoms with van der Waals surface area (Å²) in [4.78, 5) is 23.7. The Bertz CT molecular complexity index is 1080. The van der Waals surface area contributed by atoms with Gasteiger partial charge in [-0.2, -0.15) is 18.4 Å². The number of rotatable bonds is 1. The number of halogens is 4. The number of pyridine rings is 2. The van der Waals surface area contributed by atoms with Gasteiger partial charge in [-0.05, 0) is 18.2 Å². The molecular formula is C15H7ClF3N5O. The molecule has 0 unspecified atom stereocenters. The fourth-order valence-corrected chi connectivity index (χ4v) is 2.49. The van der Waals surface area contributed by atoms with Gasteiger partial charge in [-0.25, -0.2) is 15.0 Å². The minimum atomic E-state index is -4.82. The van der Waals surface area contributed by atoms with E-state index in [2.05, 4.69) is 15.0 Å². The molecule has 0 N–H and O–H groups in total. The van der Waals surface area contributed by atoms with Crippen LogP contribution < -0.4 is 5.56 Å². The molecule has 6 nitrogen and oxygen atoms in total. The zero-order valence-corrected chi connectivity index (χ0v) is 13.2. The molecule has 3 aromatic heterocycles. The molecule has 126 valence electrons. The molecule has 3 rings (SSSR count). The number of hydrogen-bond donors (Lipinski definition) is 0. The molecule has 0 atom stereocenters. The van der Waals surface area contributed by atoms with Crippen LogP contribution in [-0.2, 0) is 13.2 Å². The summed E-state index contributed by atoms with van der Waals surface area (Å²) in [5.41, 5.74) is -0.770. The molecule has 0 saturated heterocycles. The van der Waals surface area contributed by atoms with Gasteiger partial charge in [0.15, 0.2) is 0 Å². The highest BCUT2D eigenvalue weighted by atomic mass is 35.5. The Hall–Kier alpha value is -2.99. The van der Waals surface area contributed by atoms with E-state index in [0.29, 0.717) is 4.57 Å². The van der Waals surface area contributed by atoms with Crippen molar-refractivity contribution < 1.29 is 13.2 Å². The standard InChI is InChI=1S/C15H7ClF3N5O/c1-24-13(25)9-4-10(16)22-11(7-2-3-8(5-20)21-6-7)12(9)23-14(24)15(17,18)19/h2-4,6H,1H3. The lowest BCUT2D eigenvalue weighted by Crippen LogP contribution is -2.28. The second-order valence-corrected chi connectivity index (χ2v) is 5.42. The van der Waals surface area contributed by atoms with Crippen LogP contribution in [0.5, 0.6) is 0 Å². The Balaban J connectivity index is 2.41. The molecule has 0 radical (unpaired) electrons. The number of hydrogen-bond acceptors (Lipinski definition) is 5. The van der Waals surface area contributed by atoms with Crippen LogP contribution in [0, 0.1) is 11.3 Å². The number of nitriles is 1. The van der Waals surface area contributed by atoms with Crippen molar-refractivity contribution in [3.05, 3.63) is 51.4 Å². The summed E-state index contributed by atoms with van der Waals surface area (Å²) in [7, 11) is 0.981. The highest BCUT2D eigenvalue weighted by Gasteiger charge is 2.36. The van der Waals surface area contributed by atoms with Crippen LogP contribution in [-0.4, -0.2) is 19.5 Å². The maximum absolute atomic E-state index is 13.2. The van der Waals surface area contributed by atoms with Gasteiger partial charge in [-0.1, -0.05) is 11.6 Å². The molecule has 0 spiro atoms. The average molecular weight is 366 g/mol. The average Bonchev–Trinajstić information content (AvgIpc) is 2.57. The quantitative estimate of drug-likeness (QED) is 0.619. The van der Waals surface area contributed by atoms with E-state index in [9.17, 15) is 18.0 Å². The molecule has 0 aliphatic heterocycles. The second-order valence-electron chi connectivity index (χ2n) is 5.03. The third kappa shape index (κ3) is 2.92. The first-order valence-corrected chi connectivity index (χ1v) is 7.11. The van der Waals surface area contributed by atoms with Gasteiger partial charge in [0.1, 0.15) is 28.1 Å². The Morgan fingerprint density at radius 3 is 2.56 bits per heavy atom. The summed E-state index contributed by atoms with van der Waals surface area (Å²) in [6.07, 6.45) is -3.56. The lowest BCUT2D eigenvalue weighted by molar-refractivity contribution is -0.147. The highest BCUT2D eigenvalue weighted by Crippen LogP contribution is 2.31. The molecular weight excluding hydrogens is 359 g/mol. The third-order valence-electron chi connectivity index (χ3n) is 3.44. The van der Waals surface area contributed by atoms with Crippen LogP contribution in [0.2, 0.25) is 5.15 Å². The van der Waals surface area contributed by atoms with Gasteiger partial charge >= 0.3 is 6.18 Å². The van der Waals surface area contributed by atoms with Crippen molar-refractivity contribution in [1.82, 2.24) is 19.5 Å². The van der Waals surface area contributed by atoms with Gasteiger partial charge in [0, 0.05) is 18.8 Å². The van der Waals surface area contributed by atoms with E-state index in [1.54, 1.807) is 0 Å². The fraction of sp³-hybridized carbons (Fsp3) is 0.133. The lowest BCUT2D eigenvalue weighted by Gasteiger charge is -2.13. The van der Waals surface area contributed by atoms with Gasteiger partial charge in [0.2, 0.25) is 5.82 Å². The fourth-order valence-electron chi connectivity index (χ4n) is 2.30. The molecule has 3 heterocycles. The molecule has 25 heavy (non-hydrogen) atoms. The Morgan fingerprint density at radius 1 is 1.28 bits per heavy atom. The Labute approximate surface area is 143 Å². The topological polar surface area (TPSA) is 84.5 Å². The van der Waals surface area contributed by atoms with Crippen molar-refractivity contribution in [3.63, 3.8) is 0 Å². The monoisotopic (exact) mass is 365 g/mol. The molecule has 0 bridgehead atoms. The molecule has 0 fully saturated rings. The predicted molar refractivity (Wildman–Crippen MR) is 82.7 cm³/mol. The van der Waals surface area contributed by atoms with Crippen molar-refractivity contribution in [2.45, 2.75) is 6.18 Å². The highest BCUT2D eigenvalue weighted by molar-refractivity contribution is 6.30. The Kier molecular flexibility index (Phi) is 3.93. The van der Waals surface area contributed by atoms with E-state index in [-0.39, 0.29) is 33.0 Å². The van der Waals surface area contributed by atoms with Crippen molar-refractivity contribution in [1.29, 1.82) is 5.26 Å². The van der Waals surface area contributed by atoms with Gasteiger partial charge in [0.05, 0.1) is 5.39 Å². The van der Waals surface area contributed by atoms with Gasteiger partial charge in [0.25, 0.3) is 5.56 Å². The van der Waals surface area contributed by atoms with Crippen LogP contribution in [0.4, 0.5) is 13.2 Å². The van der Waals surface area contributed by atoms with E-state index in [0.717, 1.165) is 13.1 Å². The summed E-state index contributed by atoms with van der Waals surface area (Å²) in [6.45, 7) is 0. The summed E-state index contributed by atoms with van der Waals surface area (Å²) >= 11 is 5.90. The van der Waals surface area contributed by atoms with E-state index in [1.165, 1.54) is 18.3 Å². The number of nitrogens with zero attached hydrogens (tertiary/aromatic N) is 5. The van der Waals surface area contributed by atoms with Crippen LogP contribution in [0.3, 0.4) is 0 Å². The molecule has 0 amide bonds. The zero-order valence-electron chi connectivity index (χ0n) is 12.5. The number of alkyl halides is 3. The summed E-state index contributed by atoms with van der Waals surface area (Å²) < 4.78 is 39.9.